The van der Waals surface area contributed by atoms with E-state index in [0.29, 0.717) is 12.0 Å². The lowest BCUT2D eigenvalue weighted by Gasteiger charge is -2.34. The van der Waals surface area contributed by atoms with Gasteiger partial charge in [0, 0.05) is 12.6 Å². The largest absolute Gasteiger partial charge is 0.353 e. The Morgan fingerprint density at radius 1 is 1.37 bits per heavy atom. The van der Waals surface area contributed by atoms with Crippen LogP contribution >= 0.6 is 0 Å². The van der Waals surface area contributed by atoms with Crippen LogP contribution in [0.5, 0.6) is 0 Å². The molecule has 0 aromatic heterocycles. The molecular weight excluding hydrogens is 238 g/mol. The minimum Gasteiger partial charge on any atom is -0.353 e. The summed E-state index contributed by atoms with van der Waals surface area (Å²) in [5, 5.41) is 6.51. The number of carbonyl (C=O) groups is 1. The number of carbonyl (C=O) groups excluding carboxylic acids is 1. The van der Waals surface area contributed by atoms with E-state index in [9.17, 15) is 4.79 Å². The first-order valence-corrected chi connectivity index (χ1v) is 7.92. The Kier molecular flexibility index (Phi) is 5.64. The number of nitrogens with one attached hydrogen (secondary N) is 2. The number of piperidine rings is 2. The van der Waals surface area contributed by atoms with Crippen LogP contribution in [0.4, 0.5) is 0 Å². The van der Waals surface area contributed by atoms with E-state index in [4.69, 9.17) is 0 Å². The zero-order valence-corrected chi connectivity index (χ0v) is 12.5. The highest BCUT2D eigenvalue weighted by Gasteiger charge is 2.27. The van der Waals surface area contributed by atoms with Crippen molar-refractivity contribution in [3.05, 3.63) is 0 Å². The molecule has 4 nitrogen and oxygen atoms in total. The van der Waals surface area contributed by atoms with Crippen molar-refractivity contribution < 1.29 is 4.79 Å². The van der Waals surface area contributed by atoms with E-state index in [2.05, 4.69) is 29.5 Å². The molecule has 0 aliphatic carbocycles. The van der Waals surface area contributed by atoms with Crippen LogP contribution in [0.1, 0.15) is 45.4 Å². The first-order chi connectivity index (χ1) is 9.20. The van der Waals surface area contributed by atoms with Gasteiger partial charge in [-0.15, -0.1) is 0 Å². The molecule has 2 aliphatic heterocycles. The van der Waals surface area contributed by atoms with Gasteiger partial charge in [0.1, 0.15) is 0 Å². The second-order valence-corrected chi connectivity index (χ2v) is 6.18. The molecule has 2 saturated heterocycles. The Bertz CT molecular complexity index is 295. The van der Waals surface area contributed by atoms with Crippen molar-refractivity contribution in [3.8, 4) is 0 Å². The van der Waals surface area contributed by atoms with Crippen LogP contribution in [-0.2, 0) is 4.79 Å². The Balaban J connectivity index is 1.74. The molecule has 1 amide bonds. The van der Waals surface area contributed by atoms with Crippen molar-refractivity contribution in [2.75, 3.05) is 26.7 Å². The minimum absolute atomic E-state index is 0.0348. The fraction of sp³-hybridized carbons (Fsp3) is 0.933. The van der Waals surface area contributed by atoms with Crippen molar-refractivity contribution in [1.82, 2.24) is 15.5 Å². The zero-order chi connectivity index (χ0) is 13.7. The summed E-state index contributed by atoms with van der Waals surface area (Å²) in [5.74, 6) is 0.923. The van der Waals surface area contributed by atoms with E-state index in [1.807, 2.05) is 0 Å². The molecule has 0 spiro atoms. The molecule has 2 rings (SSSR count). The summed E-state index contributed by atoms with van der Waals surface area (Å²) in [6, 6.07) is 0.566. The molecule has 110 valence electrons. The number of hydrogen-bond acceptors (Lipinski definition) is 3. The van der Waals surface area contributed by atoms with Crippen LogP contribution in [0, 0.1) is 5.92 Å². The average molecular weight is 267 g/mol. The summed E-state index contributed by atoms with van der Waals surface area (Å²) in [7, 11) is 2.17. The second-order valence-electron chi connectivity index (χ2n) is 6.18. The highest BCUT2D eigenvalue weighted by Crippen LogP contribution is 2.19. The molecule has 2 N–H and O–H groups in total. The summed E-state index contributed by atoms with van der Waals surface area (Å²) < 4.78 is 0. The Morgan fingerprint density at radius 3 is 2.95 bits per heavy atom. The normalized spacial score (nSPS) is 33.1. The third-order valence-electron chi connectivity index (χ3n) is 4.84. The summed E-state index contributed by atoms with van der Waals surface area (Å²) in [6.07, 6.45) is 7.21. The molecule has 0 aromatic carbocycles. The van der Waals surface area contributed by atoms with E-state index in [-0.39, 0.29) is 11.9 Å². The summed E-state index contributed by atoms with van der Waals surface area (Å²) in [5.41, 5.74) is 0. The minimum atomic E-state index is 0.0348. The molecule has 0 radical (unpaired) electrons. The maximum absolute atomic E-state index is 12.2. The van der Waals surface area contributed by atoms with Gasteiger partial charge in [0.25, 0.3) is 0 Å². The first-order valence-electron chi connectivity index (χ1n) is 7.92. The van der Waals surface area contributed by atoms with Crippen molar-refractivity contribution in [3.63, 3.8) is 0 Å². The highest BCUT2D eigenvalue weighted by molar-refractivity contribution is 5.81. The highest BCUT2D eigenvalue weighted by atomic mass is 16.2. The smallest absolute Gasteiger partial charge is 0.237 e. The molecule has 3 unspecified atom stereocenters. The second kappa shape index (κ2) is 7.25. The van der Waals surface area contributed by atoms with Gasteiger partial charge in [-0.05, 0) is 51.7 Å². The zero-order valence-electron chi connectivity index (χ0n) is 12.5. The van der Waals surface area contributed by atoms with Crippen LogP contribution in [0.2, 0.25) is 0 Å². The van der Waals surface area contributed by atoms with Crippen molar-refractivity contribution in [2.24, 2.45) is 5.92 Å². The van der Waals surface area contributed by atoms with E-state index in [1.165, 1.54) is 38.6 Å². The maximum atomic E-state index is 12.2. The molecule has 2 aliphatic rings. The molecule has 0 bridgehead atoms. The Morgan fingerprint density at radius 2 is 2.21 bits per heavy atom. The average Bonchev–Trinajstić information content (AvgIpc) is 2.46. The van der Waals surface area contributed by atoms with Crippen molar-refractivity contribution in [1.29, 1.82) is 0 Å². The van der Waals surface area contributed by atoms with Crippen molar-refractivity contribution >= 4 is 5.91 Å². The Labute approximate surface area is 117 Å². The van der Waals surface area contributed by atoms with Gasteiger partial charge in [-0.3, -0.25) is 4.79 Å². The monoisotopic (exact) mass is 267 g/mol. The number of hydrogen-bond donors (Lipinski definition) is 2. The number of nitrogens with zero attached hydrogens (tertiary/aromatic N) is 1. The van der Waals surface area contributed by atoms with Gasteiger partial charge in [0.15, 0.2) is 0 Å². The van der Waals surface area contributed by atoms with Crippen LogP contribution < -0.4 is 10.6 Å². The number of amides is 1. The van der Waals surface area contributed by atoms with Gasteiger partial charge >= 0.3 is 0 Å². The number of rotatable bonds is 4. The standard InChI is InChI=1S/C15H29N3O/c1-3-12-7-8-16-14(10-12)15(19)17-11-13-6-4-5-9-18(13)2/h12-14,16H,3-11H2,1-2H3,(H,17,19). The Hall–Kier alpha value is -0.610. The lowest BCUT2D eigenvalue weighted by molar-refractivity contribution is -0.124. The predicted octanol–water partition coefficient (Wildman–Crippen LogP) is 1.37. The maximum Gasteiger partial charge on any atom is 0.237 e. The van der Waals surface area contributed by atoms with Crippen LogP contribution in [0.3, 0.4) is 0 Å². The molecule has 4 heteroatoms. The third-order valence-corrected chi connectivity index (χ3v) is 4.84. The number of likely N-dealkylation sites (tertiary alicyclic amines) is 1. The van der Waals surface area contributed by atoms with E-state index < -0.39 is 0 Å². The van der Waals surface area contributed by atoms with Gasteiger partial charge in [-0.25, -0.2) is 0 Å². The quantitative estimate of drug-likeness (QED) is 0.808. The van der Waals surface area contributed by atoms with Gasteiger partial charge in [0.05, 0.1) is 6.04 Å². The lowest BCUT2D eigenvalue weighted by atomic mass is 9.90. The van der Waals surface area contributed by atoms with Gasteiger partial charge in [0.2, 0.25) is 5.91 Å². The van der Waals surface area contributed by atoms with Gasteiger partial charge < -0.3 is 15.5 Å². The SMILES string of the molecule is CCC1CCNC(C(=O)NCC2CCCCN2C)C1. The van der Waals surface area contributed by atoms with E-state index in [0.717, 1.165) is 19.5 Å². The first kappa shape index (κ1) is 14.8. The van der Waals surface area contributed by atoms with Crippen molar-refractivity contribution in [2.45, 2.75) is 57.5 Å². The third kappa shape index (κ3) is 4.18. The van der Waals surface area contributed by atoms with E-state index >= 15 is 0 Å². The molecule has 2 fully saturated rings. The molecular formula is C15H29N3O. The van der Waals surface area contributed by atoms with E-state index in [1.54, 1.807) is 0 Å². The fourth-order valence-corrected chi connectivity index (χ4v) is 3.31. The molecule has 0 saturated carbocycles. The molecule has 0 aromatic rings. The molecule has 3 atom stereocenters. The van der Waals surface area contributed by atoms with Gasteiger partial charge in [-0.2, -0.15) is 0 Å². The number of likely N-dealkylation sites (N-methyl/N-ethyl adjacent to an activating group) is 1. The summed E-state index contributed by atoms with van der Waals surface area (Å²) in [4.78, 5) is 14.6. The predicted molar refractivity (Wildman–Crippen MR) is 78.1 cm³/mol. The topological polar surface area (TPSA) is 44.4 Å². The van der Waals surface area contributed by atoms with Crippen LogP contribution in [0.25, 0.3) is 0 Å². The van der Waals surface area contributed by atoms with Gasteiger partial charge in [-0.1, -0.05) is 19.8 Å². The fourth-order valence-electron chi connectivity index (χ4n) is 3.31. The molecule has 19 heavy (non-hydrogen) atoms. The van der Waals surface area contributed by atoms with Crippen LogP contribution in [0.15, 0.2) is 0 Å². The summed E-state index contributed by atoms with van der Waals surface area (Å²) >= 11 is 0. The van der Waals surface area contributed by atoms with Crippen LogP contribution in [-0.4, -0.2) is 49.6 Å². The summed E-state index contributed by atoms with van der Waals surface area (Å²) in [6.45, 7) is 5.19. The molecule has 2 heterocycles. The lowest BCUT2D eigenvalue weighted by Crippen LogP contribution is -2.52.